The Kier molecular flexibility index (Phi) is 6.15. The molecule has 0 saturated heterocycles. The molecule has 1 aromatic carbocycles. The maximum Gasteiger partial charge on any atom is 0.339 e. The molecule has 0 amide bonds. The lowest BCUT2D eigenvalue weighted by Gasteiger charge is -2.11. The summed E-state index contributed by atoms with van der Waals surface area (Å²) in [5, 5.41) is 0.734. The number of nitrogens with zero attached hydrogens (tertiary/aromatic N) is 3. The van der Waals surface area contributed by atoms with E-state index >= 15 is 0 Å². The molecule has 0 bridgehead atoms. The van der Waals surface area contributed by atoms with Crippen molar-refractivity contribution in [3.05, 3.63) is 85.2 Å². The fraction of sp³-hybridized carbons (Fsp3) is 0.158. The molecule has 2 aromatic heterocycles. The Morgan fingerprint density at radius 1 is 1.14 bits per heavy atom. The number of aromatic nitrogens is 3. The van der Waals surface area contributed by atoms with Crippen LogP contribution in [0.5, 0.6) is 0 Å². The van der Waals surface area contributed by atoms with Gasteiger partial charge in [-0.05, 0) is 40.2 Å². The van der Waals surface area contributed by atoms with Gasteiger partial charge in [-0.25, -0.2) is 14.6 Å². The van der Waals surface area contributed by atoms with Gasteiger partial charge in [-0.1, -0.05) is 23.9 Å². The van der Waals surface area contributed by atoms with Gasteiger partial charge < -0.3 is 4.74 Å². The van der Waals surface area contributed by atoms with E-state index in [1.807, 2.05) is 18.2 Å². The van der Waals surface area contributed by atoms with Crippen LogP contribution in [0.15, 0.2) is 72.6 Å². The number of esters is 1. The van der Waals surface area contributed by atoms with E-state index in [9.17, 15) is 14.4 Å². The van der Waals surface area contributed by atoms with Gasteiger partial charge in [0.25, 0.3) is 5.56 Å². The zero-order valence-electron chi connectivity index (χ0n) is 15.1. The minimum absolute atomic E-state index is 0.184. The smallest absolute Gasteiger partial charge is 0.339 e. The minimum Gasteiger partial charge on any atom is -0.456 e. The molecule has 3 aromatic rings. The first-order valence-corrected chi connectivity index (χ1v) is 9.79. The molecule has 0 atom stereocenters. The van der Waals surface area contributed by atoms with Crippen molar-refractivity contribution >= 4 is 33.7 Å². The van der Waals surface area contributed by atoms with Crippen molar-refractivity contribution in [1.29, 1.82) is 0 Å². The van der Waals surface area contributed by atoms with E-state index in [0.717, 1.165) is 14.1 Å². The molecule has 0 N–H and O–H groups in total. The number of carbonyl (C=O) groups excluding carboxylic acids is 1. The van der Waals surface area contributed by atoms with Gasteiger partial charge in [0.05, 0.1) is 11.3 Å². The number of ether oxygens (including phenoxy) is 1. The second kappa shape index (κ2) is 8.57. The Balaban J connectivity index is 1.79. The topological polar surface area (TPSA) is 83.2 Å². The average Bonchev–Trinajstić information content (AvgIpc) is 2.70. The van der Waals surface area contributed by atoms with Crippen LogP contribution in [0.3, 0.4) is 0 Å². The van der Waals surface area contributed by atoms with Crippen LogP contribution in [0.2, 0.25) is 0 Å². The van der Waals surface area contributed by atoms with Crippen LogP contribution in [0, 0.1) is 0 Å². The number of rotatable bonds is 5. The lowest BCUT2D eigenvalue weighted by molar-refractivity contribution is 0.0458. The van der Waals surface area contributed by atoms with Gasteiger partial charge >= 0.3 is 11.7 Å². The summed E-state index contributed by atoms with van der Waals surface area (Å²) in [5.74, 6) is -0.548. The summed E-state index contributed by atoms with van der Waals surface area (Å²) < 4.78 is 8.49. The molecule has 0 aliphatic heterocycles. The van der Waals surface area contributed by atoms with E-state index in [-0.39, 0.29) is 6.61 Å². The van der Waals surface area contributed by atoms with Crippen molar-refractivity contribution < 1.29 is 9.53 Å². The summed E-state index contributed by atoms with van der Waals surface area (Å²) in [7, 11) is 2.91. The molecule has 0 saturated carbocycles. The molecule has 144 valence electrons. The van der Waals surface area contributed by atoms with E-state index in [0.29, 0.717) is 16.2 Å². The predicted octanol–water partition coefficient (Wildman–Crippen LogP) is 2.75. The molecule has 0 unspecified atom stereocenters. The molecule has 0 aliphatic carbocycles. The second-order valence-electron chi connectivity index (χ2n) is 5.86. The van der Waals surface area contributed by atoms with Crippen LogP contribution in [-0.2, 0) is 25.4 Å². The molecule has 0 spiro atoms. The van der Waals surface area contributed by atoms with Crippen molar-refractivity contribution in [2.75, 3.05) is 0 Å². The first-order chi connectivity index (χ1) is 13.4. The zero-order chi connectivity index (χ0) is 20.3. The Bertz CT molecular complexity index is 1140. The third-order valence-electron chi connectivity index (χ3n) is 4.00. The monoisotopic (exact) mass is 461 g/mol. The second-order valence-corrected chi connectivity index (χ2v) is 7.84. The molecule has 0 radical (unpaired) electrons. The van der Waals surface area contributed by atoms with Crippen LogP contribution in [0.25, 0.3) is 0 Å². The number of hydrogen-bond donors (Lipinski definition) is 0. The maximum absolute atomic E-state index is 12.6. The lowest BCUT2D eigenvalue weighted by atomic mass is 10.2. The quantitative estimate of drug-likeness (QED) is 0.543. The van der Waals surface area contributed by atoms with Crippen molar-refractivity contribution in [3.8, 4) is 0 Å². The highest BCUT2D eigenvalue weighted by Crippen LogP contribution is 2.30. The highest BCUT2D eigenvalue weighted by atomic mass is 79.9. The third kappa shape index (κ3) is 4.42. The third-order valence-corrected chi connectivity index (χ3v) is 5.49. The summed E-state index contributed by atoms with van der Waals surface area (Å²) >= 11 is 4.68. The normalized spacial score (nSPS) is 10.7. The fourth-order valence-corrected chi connectivity index (χ4v) is 3.50. The standard InChI is InChI=1S/C19H16BrN3O4S/c1-22-13(9-17(24)23(2)19(22)26)11-27-18(25)14-5-3-4-6-15(14)28-16-8-7-12(20)10-21-16/h3-10H,11H2,1-2H3. The maximum atomic E-state index is 12.6. The van der Waals surface area contributed by atoms with Crippen LogP contribution in [-0.4, -0.2) is 20.1 Å². The van der Waals surface area contributed by atoms with Gasteiger partial charge in [-0.2, -0.15) is 0 Å². The minimum atomic E-state index is -0.548. The Morgan fingerprint density at radius 3 is 2.61 bits per heavy atom. The molecular formula is C19H16BrN3O4S. The lowest BCUT2D eigenvalue weighted by Crippen LogP contribution is -2.38. The molecule has 9 heteroatoms. The first-order valence-electron chi connectivity index (χ1n) is 8.18. The van der Waals surface area contributed by atoms with Gasteiger partial charge in [0.2, 0.25) is 0 Å². The van der Waals surface area contributed by atoms with Crippen LogP contribution in [0.4, 0.5) is 0 Å². The van der Waals surface area contributed by atoms with Crippen LogP contribution >= 0.6 is 27.7 Å². The van der Waals surface area contributed by atoms with Gasteiger partial charge in [0, 0.05) is 35.7 Å². The fourth-order valence-electron chi connectivity index (χ4n) is 2.39. The number of pyridine rings is 1. The van der Waals surface area contributed by atoms with Gasteiger partial charge in [0.1, 0.15) is 11.6 Å². The molecule has 7 nitrogen and oxygen atoms in total. The SMILES string of the molecule is Cn1c(COC(=O)c2ccccc2Sc2ccc(Br)cn2)cc(=O)n(C)c1=O. The van der Waals surface area contributed by atoms with Crippen molar-refractivity contribution in [1.82, 2.24) is 14.1 Å². The van der Waals surface area contributed by atoms with Crippen LogP contribution in [0.1, 0.15) is 16.1 Å². The summed E-state index contributed by atoms with van der Waals surface area (Å²) in [6.07, 6.45) is 1.68. The average molecular weight is 462 g/mol. The van der Waals surface area contributed by atoms with E-state index in [2.05, 4.69) is 20.9 Å². The highest BCUT2D eigenvalue weighted by molar-refractivity contribution is 9.10. The number of halogens is 1. The molecule has 0 aliphatic rings. The van der Waals surface area contributed by atoms with E-state index in [1.165, 1.54) is 36.5 Å². The summed E-state index contributed by atoms with van der Waals surface area (Å²) in [5.41, 5.74) is -0.227. The Labute approximate surface area is 173 Å². The van der Waals surface area contributed by atoms with Gasteiger partial charge in [-0.15, -0.1) is 0 Å². The molecular weight excluding hydrogens is 446 g/mol. The van der Waals surface area contributed by atoms with E-state index in [1.54, 1.807) is 24.4 Å². The zero-order valence-corrected chi connectivity index (χ0v) is 17.5. The summed E-state index contributed by atoms with van der Waals surface area (Å²) in [6.45, 7) is -0.184. The number of hydrogen-bond acceptors (Lipinski definition) is 6. The Hall–Kier alpha value is -2.65. The van der Waals surface area contributed by atoms with E-state index < -0.39 is 17.2 Å². The molecule has 3 rings (SSSR count). The van der Waals surface area contributed by atoms with Gasteiger partial charge in [-0.3, -0.25) is 13.9 Å². The molecule has 2 heterocycles. The summed E-state index contributed by atoms with van der Waals surface area (Å²) in [6, 6.07) is 12.0. The molecule has 0 fully saturated rings. The Morgan fingerprint density at radius 2 is 1.89 bits per heavy atom. The van der Waals surface area contributed by atoms with Crippen molar-refractivity contribution in [2.45, 2.75) is 16.5 Å². The number of benzene rings is 1. The van der Waals surface area contributed by atoms with Crippen molar-refractivity contribution in [3.63, 3.8) is 0 Å². The number of carbonyl (C=O) groups is 1. The summed E-state index contributed by atoms with van der Waals surface area (Å²) in [4.78, 5) is 41.4. The largest absolute Gasteiger partial charge is 0.456 e. The van der Waals surface area contributed by atoms with Crippen LogP contribution < -0.4 is 11.2 Å². The van der Waals surface area contributed by atoms with Gasteiger partial charge in [0.15, 0.2) is 0 Å². The predicted molar refractivity (Wildman–Crippen MR) is 109 cm³/mol. The highest BCUT2D eigenvalue weighted by Gasteiger charge is 2.15. The molecule has 28 heavy (non-hydrogen) atoms. The van der Waals surface area contributed by atoms with E-state index in [4.69, 9.17) is 4.74 Å². The first kappa shape index (κ1) is 20.1. The van der Waals surface area contributed by atoms with Crippen molar-refractivity contribution in [2.24, 2.45) is 14.1 Å².